The van der Waals surface area contributed by atoms with Crippen molar-refractivity contribution in [1.82, 2.24) is 9.97 Å². The fourth-order valence-corrected chi connectivity index (χ4v) is 3.20. The van der Waals surface area contributed by atoms with Crippen LogP contribution in [0.2, 0.25) is 0 Å². The van der Waals surface area contributed by atoms with Crippen molar-refractivity contribution < 1.29 is 14.3 Å². The number of fused-ring (bicyclic) bond motifs is 1. The molecule has 0 aliphatic heterocycles. The highest BCUT2D eigenvalue weighted by molar-refractivity contribution is 6.05. The van der Waals surface area contributed by atoms with Crippen molar-refractivity contribution in [3.05, 3.63) is 83.6 Å². The van der Waals surface area contributed by atoms with Gasteiger partial charge in [0, 0.05) is 29.1 Å². The number of methoxy groups -OCH3 is 1. The molecule has 2 amide bonds. The molecule has 2 aromatic carbocycles. The first-order valence-corrected chi connectivity index (χ1v) is 10.1. The lowest BCUT2D eigenvalue weighted by Gasteiger charge is -2.10. The second kappa shape index (κ2) is 9.23. The molecule has 0 unspecified atom stereocenters. The van der Waals surface area contributed by atoms with Gasteiger partial charge in [-0.1, -0.05) is 18.2 Å². The molecule has 0 atom stereocenters. The van der Waals surface area contributed by atoms with E-state index in [0.29, 0.717) is 46.3 Å². The number of ether oxygens (including phenoxy) is 1. The van der Waals surface area contributed by atoms with Crippen molar-refractivity contribution >= 4 is 39.9 Å². The number of anilines is 3. The molecule has 0 aliphatic carbocycles. The summed E-state index contributed by atoms with van der Waals surface area (Å²) >= 11 is 0. The minimum atomic E-state index is -0.494. The monoisotopic (exact) mass is 442 g/mol. The van der Waals surface area contributed by atoms with Crippen LogP contribution in [0.15, 0.2) is 66.9 Å². The van der Waals surface area contributed by atoms with E-state index in [1.54, 1.807) is 30.3 Å². The zero-order valence-corrected chi connectivity index (χ0v) is 17.8. The van der Waals surface area contributed by atoms with E-state index >= 15 is 0 Å². The molecular formula is C24H22N6O3. The van der Waals surface area contributed by atoms with Gasteiger partial charge in [-0.3, -0.25) is 9.59 Å². The summed E-state index contributed by atoms with van der Waals surface area (Å²) in [6, 6.07) is 17.7. The van der Waals surface area contributed by atoms with Crippen molar-refractivity contribution in [2.24, 2.45) is 5.73 Å². The summed E-state index contributed by atoms with van der Waals surface area (Å²) in [5.74, 6) is 0.227. The Morgan fingerprint density at radius 3 is 2.45 bits per heavy atom. The van der Waals surface area contributed by atoms with Crippen LogP contribution in [0.25, 0.3) is 10.9 Å². The molecule has 0 saturated carbocycles. The van der Waals surface area contributed by atoms with Crippen molar-refractivity contribution in [1.29, 1.82) is 0 Å². The minimum absolute atomic E-state index is 0.295. The van der Waals surface area contributed by atoms with E-state index in [2.05, 4.69) is 20.6 Å². The van der Waals surface area contributed by atoms with E-state index in [-0.39, 0.29) is 5.91 Å². The van der Waals surface area contributed by atoms with E-state index in [9.17, 15) is 9.59 Å². The fraction of sp³-hybridized carbons (Fsp3) is 0.0833. The number of carbonyl (C=O) groups is 2. The molecule has 2 aromatic heterocycles. The number of amides is 2. The van der Waals surface area contributed by atoms with Gasteiger partial charge in [-0.25, -0.2) is 9.97 Å². The lowest BCUT2D eigenvalue weighted by Crippen LogP contribution is -2.13. The lowest BCUT2D eigenvalue weighted by atomic mass is 10.1. The van der Waals surface area contributed by atoms with Gasteiger partial charge >= 0.3 is 0 Å². The van der Waals surface area contributed by atoms with E-state index in [1.807, 2.05) is 30.3 Å². The Bertz CT molecular complexity index is 1340. The summed E-state index contributed by atoms with van der Waals surface area (Å²) in [7, 11) is 1.49. The summed E-state index contributed by atoms with van der Waals surface area (Å²) in [4.78, 5) is 32.5. The van der Waals surface area contributed by atoms with Crippen LogP contribution in [0.4, 0.5) is 17.2 Å². The number of hydrogen-bond donors (Lipinski definition) is 4. The van der Waals surface area contributed by atoms with Gasteiger partial charge in [0.05, 0.1) is 30.2 Å². The van der Waals surface area contributed by atoms with Crippen LogP contribution in [0.1, 0.15) is 26.3 Å². The number of pyridine rings is 2. The quantitative estimate of drug-likeness (QED) is 0.344. The number of nitrogens with two attached hydrogens (primary N) is 2. The van der Waals surface area contributed by atoms with Crippen LogP contribution in [0.3, 0.4) is 0 Å². The number of nitrogens with one attached hydrogen (secondary N) is 2. The van der Waals surface area contributed by atoms with Gasteiger partial charge in [0.25, 0.3) is 5.91 Å². The van der Waals surface area contributed by atoms with Gasteiger partial charge < -0.3 is 26.8 Å². The molecule has 0 radical (unpaired) electrons. The second-order valence-corrected chi connectivity index (χ2v) is 7.29. The van der Waals surface area contributed by atoms with Crippen LogP contribution in [0, 0.1) is 0 Å². The number of aromatic nitrogens is 2. The Morgan fingerprint density at radius 1 is 1.00 bits per heavy atom. The number of carbonyl (C=O) groups excluding carboxylic acids is 2. The third-order valence-electron chi connectivity index (χ3n) is 5.03. The molecule has 6 N–H and O–H groups in total. The molecule has 0 bridgehead atoms. The van der Waals surface area contributed by atoms with Gasteiger partial charge in [0.2, 0.25) is 11.8 Å². The highest BCUT2D eigenvalue weighted by Crippen LogP contribution is 2.22. The van der Waals surface area contributed by atoms with Crippen molar-refractivity contribution in [2.45, 2.75) is 6.54 Å². The average Bonchev–Trinajstić information content (AvgIpc) is 2.83. The topological polar surface area (TPSA) is 145 Å². The Kier molecular flexibility index (Phi) is 6.03. The van der Waals surface area contributed by atoms with Crippen LogP contribution in [-0.2, 0) is 6.54 Å². The molecule has 9 heteroatoms. The van der Waals surface area contributed by atoms with E-state index in [1.165, 1.54) is 13.3 Å². The molecule has 2 heterocycles. The average molecular weight is 442 g/mol. The highest BCUT2D eigenvalue weighted by Gasteiger charge is 2.10. The van der Waals surface area contributed by atoms with Crippen LogP contribution in [-0.4, -0.2) is 28.9 Å². The van der Waals surface area contributed by atoms with Gasteiger partial charge in [-0.05, 0) is 42.0 Å². The summed E-state index contributed by atoms with van der Waals surface area (Å²) < 4.78 is 5.07. The van der Waals surface area contributed by atoms with Gasteiger partial charge in [0.15, 0.2) is 0 Å². The predicted molar refractivity (Wildman–Crippen MR) is 127 cm³/mol. The molecule has 0 saturated heterocycles. The maximum atomic E-state index is 12.6. The molecule has 0 aliphatic rings. The summed E-state index contributed by atoms with van der Waals surface area (Å²) in [6.07, 6.45) is 1.43. The molecular weight excluding hydrogens is 420 g/mol. The maximum absolute atomic E-state index is 12.6. The summed E-state index contributed by atoms with van der Waals surface area (Å²) in [5.41, 5.74) is 14.5. The third kappa shape index (κ3) is 4.99. The Hall–Kier alpha value is -4.66. The molecule has 166 valence electrons. The van der Waals surface area contributed by atoms with Crippen molar-refractivity contribution in [3.8, 4) is 5.88 Å². The number of rotatable bonds is 7. The third-order valence-corrected chi connectivity index (χ3v) is 5.03. The number of benzene rings is 2. The molecule has 0 spiro atoms. The number of nitrogen functional groups attached to an aromatic ring is 1. The summed E-state index contributed by atoms with van der Waals surface area (Å²) in [6.45, 7) is 0.504. The molecule has 0 fully saturated rings. The normalized spacial score (nSPS) is 10.6. The first-order chi connectivity index (χ1) is 15.9. The number of hydrogen-bond acceptors (Lipinski definition) is 7. The molecule has 9 nitrogen and oxygen atoms in total. The Morgan fingerprint density at radius 2 is 1.73 bits per heavy atom. The van der Waals surface area contributed by atoms with Crippen molar-refractivity contribution in [2.75, 3.05) is 23.5 Å². The smallest absolute Gasteiger partial charge is 0.255 e. The van der Waals surface area contributed by atoms with E-state index in [4.69, 9.17) is 16.2 Å². The SMILES string of the molecule is COc1cc(NC(=O)c2ccc(CNc3ccc4ccc(C(N)=O)cc4n3)cc2)c(N)cn1. The zero-order valence-electron chi connectivity index (χ0n) is 17.8. The van der Waals surface area contributed by atoms with Gasteiger partial charge in [-0.15, -0.1) is 0 Å². The second-order valence-electron chi connectivity index (χ2n) is 7.29. The molecule has 4 rings (SSSR count). The first kappa shape index (κ1) is 21.6. The predicted octanol–water partition coefficient (Wildman–Crippen LogP) is 3.18. The standard InChI is InChI=1S/C24H22N6O3/c1-33-22-11-20(18(25)13-28-22)30-24(32)16-4-2-14(3-5-16)12-27-21-9-8-15-6-7-17(23(26)31)10-19(15)29-21/h2-11,13H,12,25H2,1H3,(H2,26,31)(H,27,29)(H,28,30,32). The van der Waals surface area contributed by atoms with Crippen LogP contribution >= 0.6 is 0 Å². The first-order valence-electron chi connectivity index (χ1n) is 10.1. The van der Waals surface area contributed by atoms with Crippen LogP contribution < -0.4 is 26.8 Å². The number of primary amides is 1. The molecule has 33 heavy (non-hydrogen) atoms. The molecule has 4 aromatic rings. The van der Waals surface area contributed by atoms with Gasteiger partial charge in [0.1, 0.15) is 5.82 Å². The lowest BCUT2D eigenvalue weighted by molar-refractivity contribution is 0.0997. The van der Waals surface area contributed by atoms with E-state index in [0.717, 1.165) is 10.9 Å². The largest absolute Gasteiger partial charge is 0.481 e. The Balaban J connectivity index is 1.41. The number of nitrogens with zero attached hydrogens (tertiary/aromatic N) is 2. The van der Waals surface area contributed by atoms with E-state index < -0.39 is 5.91 Å². The fourth-order valence-electron chi connectivity index (χ4n) is 3.20. The maximum Gasteiger partial charge on any atom is 0.255 e. The van der Waals surface area contributed by atoms with Crippen molar-refractivity contribution in [3.63, 3.8) is 0 Å². The highest BCUT2D eigenvalue weighted by atomic mass is 16.5. The van der Waals surface area contributed by atoms with Gasteiger partial charge in [-0.2, -0.15) is 0 Å². The Labute approximate surface area is 189 Å². The minimum Gasteiger partial charge on any atom is -0.481 e. The summed E-state index contributed by atoms with van der Waals surface area (Å²) in [5, 5.41) is 6.92. The zero-order chi connectivity index (χ0) is 23.4. The van der Waals surface area contributed by atoms with Crippen LogP contribution in [0.5, 0.6) is 5.88 Å².